The summed E-state index contributed by atoms with van der Waals surface area (Å²) in [5, 5.41) is 3.34. The quantitative estimate of drug-likeness (QED) is 0.847. The second-order valence-electron chi connectivity index (χ2n) is 4.04. The number of anilines is 1. The molecule has 4 nitrogen and oxygen atoms in total. The molecular formula is C12H18N2O2. The fraction of sp³-hybridized carbons (Fsp3) is 0.583. The molecule has 0 bridgehead atoms. The fourth-order valence-electron chi connectivity index (χ4n) is 1.97. The summed E-state index contributed by atoms with van der Waals surface area (Å²) in [6, 6.07) is 4.02. The number of methoxy groups -OCH3 is 1. The SMILES string of the molecule is COc1cccnc1NC(C)C1CCCO1. The highest BCUT2D eigenvalue weighted by Gasteiger charge is 2.23. The first-order chi connectivity index (χ1) is 7.81. The summed E-state index contributed by atoms with van der Waals surface area (Å²) in [5.41, 5.74) is 0. The number of aromatic nitrogens is 1. The van der Waals surface area contributed by atoms with Crippen LogP contribution in [0.2, 0.25) is 0 Å². The summed E-state index contributed by atoms with van der Waals surface area (Å²) in [7, 11) is 1.65. The largest absolute Gasteiger partial charge is 0.493 e. The molecular weight excluding hydrogens is 204 g/mol. The Kier molecular flexibility index (Phi) is 3.62. The van der Waals surface area contributed by atoms with Gasteiger partial charge in [-0.05, 0) is 31.9 Å². The lowest BCUT2D eigenvalue weighted by atomic mass is 10.1. The highest BCUT2D eigenvalue weighted by Crippen LogP contribution is 2.24. The maximum Gasteiger partial charge on any atom is 0.169 e. The van der Waals surface area contributed by atoms with Gasteiger partial charge in [-0.3, -0.25) is 0 Å². The number of nitrogens with one attached hydrogen (secondary N) is 1. The molecule has 1 aromatic heterocycles. The maximum atomic E-state index is 5.63. The van der Waals surface area contributed by atoms with Gasteiger partial charge in [0.05, 0.1) is 19.3 Å². The molecule has 0 amide bonds. The van der Waals surface area contributed by atoms with E-state index in [2.05, 4.69) is 17.2 Å². The molecule has 16 heavy (non-hydrogen) atoms. The zero-order valence-electron chi connectivity index (χ0n) is 9.77. The number of nitrogens with zero attached hydrogens (tertiary/aromatic N) is 1. The second kappa shape index (κ2) is 5.16. The van der Waals surface area contributed by atoms with Crippen molar-refractivity contribution in [2.45, 2.75) is 31.9 Å². The highest BCUT2D eigenvalue weighted by atomic mass is 16.5. The third-order valence-electron chi connectivity index (χ3n) is 2.88. The smallest absolute Gasteiger partial charge is 0.169 e. The van der Waals surface area contributed by atoms with Crippen LogP contribution in [0.15, 0.2) is 18.3 Å². The van der Waals surface area contributed by atoms with Crippen LogP contribution in [0.5, 0.6) is 5.75 Å². The van der Waals surface area contributed by atoms with E-state index in [0.29, 0.717) is 0 Å². The number of hydrogen-bond donors (Lipinski definition) is 1. The van der Waals surface area contributed by atoms with Crippen LogP contribution in [-0.4, -0.2) is 30.8 Å². The normalized spacial score (nSPS) is 21.8. The average molecular weight is 222 g/mol. The molecule has 1 fully saturated rings. The van der Waals surface area contributed by atoms with Crippen LogP contribution in [0.3, 0.4) is 0 Å². The first-order valence-corrected chi connectivity index (χ1v) is 5.68. The topological polar surface area (TPSA) is 43.4 Å². The molecule has 0 aliphatic carbocycles. The number of pyridine rings is 1. The molecule has 2 unspecified atom stereocenters. The minimum Gasteiger partial charge on any atom is -0.493 e. The van der Waals surface area contributed by atoms with Gasteiger partial charge in [0.15, 0.2) is 11.6 Å². The van der Waals surface area contributed by atoms with Gasteiger partial charge in [-0.25, -0.2) is 4.98 Å². The zero-order chi connectivity index (χ0) is 11.4. The van der Waals surface area contributed by atoms with Gasteiger partial charge in [0.25, 0.3) is 0 Å². The van der Waals surface area contributed by atoms with Crippen LogP contribution < -0.4 is 10.1 Å². The van der Waals surface area contributed by atoms with Crippen molar-refractivity contribution in [2.75, 3.05) is 19.0 Å². The number of ether oxygens (including phenoxy) is 2. The summed E-state index contributed by atoms with van der Waals surface area (Å²) >= 11 is 0. The van der Waals surface area contributed by atoms with Crippen LogP contribution in [0.4, 0.5) is 5.82 Å². The van der Waals surface area contributed by atoms with Crippen molar-refractivity contribution in [1.29, 1.82) is 0 Å². The Morgan fingerprint density at radius 2 is 2.50 bits per heavy atom. The molecule has 2 atom stereocenters. The lowest BCUT2D eigenvalue weighted by Crippen LogP contribution is -2.30. The predicted molar refractivity (Wildman–Crippen MR) is 62.8 cm³/mol. The van der Waals surface area contributed by atoms with E-state index in [1.165, 1.54) is 0 Å². The second-order valence-corrected chi connectivity index (χ2v) is 4.04. The van der Waals surface area contributed by atoms with Gasteiger partial charge >= 0.3 is 0 Å². The minimum absolute atomic E-state index is 0.256. The third-order valence-corrected chi connectivity index (χ3v) is 2.88. The van der Waals surface area contributed by atoms with E-state index in [9.17, 15) is 0 Å². The van der Waals surface area contributed by atoms with Crippen molar-refractivity contribution in [3.8, 4) is 5.75 Å². The van der Waals surface area contributed by atoms with Gasteiger partial charge in [0.2, 0.25) is 0 Å². The third kappa shape index (κ3) is 2.44. The van der Waals surface area contributed by atoms with Crippen molar-refractivity contribution in [3.05, 3.63) is 18.3 Å². The van der Waals surface area contributed by atoms with E-state index in [4.69, 9.17) is 9.47 Å². The average Bonchev–Trinajstić information content (AvgIpc) is 2.83. The molecule has 1 aliphatic heterocycles. The summed E-state index contributed by atoms with van der Waals surface area (Å²) in [6.45, 7) is 2.99. The standard InChI is InChI=1S/C12H18N2O2/c1-9(10-6-4-8-16-10)14-12-11(15-2)5-3-7-13-12/h3,5,7,9-10H,4,6,8H2,1-2H3,(H,13,14). The minimum atomic E-state index is 0.256. The molecule has 0 aromatic carbocycles. The van der Waals surface area contributed by atoms with Crippen LogP contribution in [0.25, 0.3) is 0 Å². The monoisotopic (exact) mass is 222 g/mol. The molecule has 1 aromatic rings. The van der Waals surface area contributed by atoms with Gasteiger partial charge in [-0.2, -0.15) is 0 Å². The molecule has 1 saturated heterocycles. The summed E-state index contributed by atoms with van der Waals surface area (Å²) in [5.74, 6) is 1.56. The van der Waals surface area contributed by atoms with Gasteiger partial charge in [0.1, 0.15) is 0 Å². The Bertz CT molecular complexity index is 338. The van der Waals surface area contributed by atoms with Crippen molar-refractivity contribution < 1.29 is 9.47 Å². The molecule has 1 aliphatic rings. The van der Waals surface area contributed by atoms with Crippen molar-refractivity contribution in [3.63, 3.8) is 0 Å². The van der Waals surface area contributed by atoms with E-state index in [-0.39, 0.29) is 12.1 Å². The van der Waals surface area contributed by atoms with E-state index < -0.39 is 0 Å². The number of rotatable bonds is 4. The van der Waals surface area contributed by atoms with Gasteiger partial charge in [-0.1, -0.05) is 0 Å². The molecule has 4 heteroatoms. The molecule has 0 radical (unpaired) electrons. The summed E-state index contributed by atoms with van der Waals surface area (Å²) in [4.78, 5) is 4.27. The Morgan fingerprint density at radius 3 is 3.19 bits per heavy atom. The van der Waals surface area contributed by atoms with Crippen LogP contribution in [-0.2, 0) is 4.74 Å². The maximum absolute atomic E-state index is 5.63. The molecule has 1 N–H and O–H groups in total. The van der Waals surface area contributed by atoms with Gasteiger partial charge < -0.3 is 14.8 Å². The van der Waals surface area contributed by atoms with E-state index >= 15 is 0 Å². The van der Waals surface area contributed by atoms with Gasteiger partial charge in [0, 0.05) is 12.8 Å². The molecule has 88 valence electrons. The Morgan fingerprint density at radius 1 is 1.62 bits per heavy atom. The highest BCUT2D eigenvalue weighted by molar-refractivity contribution is 5.50. The Labute approximate surface area is 96.0 Å². The molecule has 2 rings (SSSR count). The molecule has 0 spiro atoms. The van der Waals surface area contributed by atoms with Crippen LogP contribution in [0, 0.1) is 0 Å². The van der Waals surface area contributed by atoms with E-state index in [0.717, 1.165) is 31.0 Å². The van der Waals surface area contributed by atoms with Crippen LogP contribution in [0.1, 0.15) is 19.8 Å². The molecule has 0 saturated carbocycles. The first kappa shape index (κ1) is 11.2. The zero-order valence-corrected chi connectivity index (χ0v) is 9.77. The lowest BCUT2D eigenvalue weighted by molar-refractivity contribution is 0.0995. The van der Waals surface area contributed by atoms with Crippen molar-refractivity contribution in [2.24, 2.45) is 0 Å². The van der Waals surface area contributed by atoms with E-state index in [1.807, 2.05) is 12.1 Å². The van der Waals surface area contributed by atoms with Crippen LogP contribution >= 0.6 is 0 Å². The fourth-order valence-corrected chi connectivity index (χ4v) is 1.97. The summed E-state index contributed by atoms with van der Waals surface area (Å²) in [6.07, 6.45) is 4.30. The first-order valence-electron chi connectivity index (χ1n) is 5.68. The summed E-state index contributed by atoms with van der Waals surface area (Å²) < 4.78 is 10.9. The van der Waals surface area contributed by atoms with Crippen molar-refractivity contribution >= 4 is 5.82 Å². The predicted octanol–water partition coefficient (Wildman–Crippen LogP) is 2.07. The Balaban J connectivity index is 2.01. The molecule has 2 heterocycles. The van der Waals surface area contributed by atoms with E-state index in [1.54, 1.807) is 13.3 Å². The van der Waals surface area contributed by atoms with Gasteiger partial charge in [-0.15, -0.1) is 0 Å². The number of hydrogen-bond acceptors (Lipinski definition) is 4. The lowest BCUT2D eigenvalue weighted by Gasteiger charge is -2.21. The Hall–Kier alpha value is -1.29. The van der Waals surface area contributed by atoms with Crippen molar-refractivity contribution in [1.82, 2.24) is 4.98 Å².